The van der Waals surface area contributed by atoms with E-state index >= 15 is 0 Å². The maximum absolute atomic E-state index is 13.0. The first-order valence-electron chi connectivity index (χ1n) is 10.7. The predicted molar refractivity (Wildman–Crippen MR) is 136 cm³/mol. The van der Waals surface area contributed by atoms with Gasteiger partial charge in [-0.3, -0.25) is 9.36 Å². The second-order valence-electron chi connectivity index (χ2n) is 7.71. The zero-order valence-corrected chi connectivity index (χ0v) is 19.7. The van der Waals surface area contributed by atoms with E-state index in [1.54, 1.807) is 7.11 Å². The summed E-state index contributed by atoms with van der Waals surface area (Å²) in [5.74, 6) is 3.43. The fraction of sp³-hybridized carbons (Fsp3) is 0.200. The second-order valence-corrected chi connectivity index (χ2v) is 9.37. The Hall–Kier alpha value is -3.16. The molecule has 2 heterocycles. The van der Waals surface area contributed by atoms with Gasteiger partial charge in [-0.2, -0.15) is 11.8 Å². The molecule has 4 aromatic rings. The third-order valence-electron chi connectivity index (χ3n) is 5.61. The van der Waals surface area contributed by atoms with Crippen molar-refractivity contribution in [1.82, 2.24) is 14.5 Å². The monoisotopic (exact) mass is 478 g/mol. The molecular weight excluding hydrogens is 456 g/mol. The van der Waals surface area contributed by atoms with Crippen LogP contribution in [0.5, 0.6) is 5.75 Å². The number of fused-ring (bicyclic) bond motifs is 1. The first kappa shape index (κ1) is 21.7. The lowest BCUT2D eigenvalue weighted by Crippen LogP contribution is -2.37. The van der Waals surface area contributed by atoms with Crippen molar-refractivity contribution in [3.63, 3.8) is 0 Å². The van der Waals surface area contributed by atoms with E-state index in [-0.39, 0.29) is 5.91 Å². The van der Waals surface area contributed by atoms with Gasteiger partial charge in [0.05, 0.1) is 23.8 Å². The summed E-state index contributed by atoms with van der Waals surface area (Å²) in [4.78, 5) is 19.8. The highest BCUT2D eigenvalue weighted by atomic mass is 35.5. The molecule has 0 saturated carbocycles. The standard InChI is InChI=1S/C25H23ClN4O2S/c1-32-21-8-6-19(7-9-21)27-25-28-22-15-17(24(31)29-11-13-33-14-12-29)5-10-23(22)30(25)20-4-2-3-18(26)16-20/h2-10,15-16H,11-14H2,1H3,(H,27,28). The number of methoxy groups -OCH3 is 1. The van der Waals surface area contributed by atoms with Crippen LogP contribution in [0.25, 0.3) is 16.7 Å². The lowest BCUT2D eigenvalue weighted by Gasteiger charge is -2.26. The molecule has 1 aliphatic heterocycles. The van der Waals surface area contributed by atoms with Gasteiger partial charge in [0, 0.05) is 40.9 Å². The van der Waals surface area contributed by atoms with Crippen molar-refractivity contribution in [3.05, 3.63) is 77.3 Å². The van der Waals surface area contributed by atoms with Crippen molar-refractivity contribution >= 4 is 51.9 Å². The van der Waals surface area contributed by atoms with Crippen LogP contribution in [0.2, 0.25) is 5.02 Å². The number of hydrogen-bond acceptors (Lipinski definition) is 5. The van der Waals surface area contributed by atoms with E-state index in [0.29, 0.717) is 16.5 Å². The quantitative estimate of drug-likeness (QED) is 0.403. The molecule has 5 rings (SSSR count). The summed E-state index contributed by atoms with van der Waals surface area (Å²) in [7, 11) is 1.64. The number of carbonyl (C=O) groups excluding carboxylic acids is 1. The highest BCUT2D eigenvalue weighted by Crippen LogP contribution is 2.30. The van der Waals surface area contributed by atoms with E-state index in [2.05, 4.69) is 5.32 Å². The average molecular weight is 479 g/mol. The third-order valence-corrected chi connectivity index (χ3v) is 6.79. The Morgan fingerprint density at radius 1 is 1.06 bits per heavy atom. The fourth-order valence-corrected chi connectivity index (χ4v) is 5.01. The van der Waals surface area contributed by atoms with E-state index in [0.717, 1.165) is 52.8 Å². The highest BCUT2D eigenvalue weighted by molar-refractivity contribution is 7.99. The number of carbonyl (C=O) groups is 1. The molecule has 1 saturated heterocycles. The van der Waals surface area contributed by atoms with Gasteiger partial charge in [0.1, 0.15) is 5.75 Å². The molecule has 1 aromatic heterocycles. The molecule has 0 bridgehead atoms. The molecule has 1 fully saturated rings. The van der Waals surface area contributed by atoms with E-state index < -0.39 is 0 Å². The van der Waals surface area contributed by atoms with Crippen molar-refractivity contribution in [2.45, 2.75) is 0 Å². The molecule has 1 aliphatic rings. The molecule has 8 heteroatoms. The minimum absolute atomic E-state index is 0.0548. The number of benzene rings is 3. The molecule has 0 radical (unpaired) electrons. The van der Waals surface area contributed by atoms with Gasteiger partial charge in [0.15, 0.2) is 0 Å². The van der Waals surface area contributed by atoms with Gasteiger partial charge in [-0.25, -0.2) is 4.98 Å². The molecule has 33 heavy (non-hydrogen) atoms. The summed E-state index contributed by atoms with van der Waals surface area (Å²) in [5.41, 5.74) is 4.04. The molecule has 0 spiro atoms. The van der Waals surface area contributed by atoms with Gasteiger partial charge in [0.25, 0.3) is 5.91 Å². The number of nitrogens with zero attached hydrogens (tertiary/aromatic N) is 3. The van der Waals surface area contributed by atoms with Crippen LogP contribution in [-0.2, 0) is 0 Å². The van der Waals surface area contributed by atoms with E-state index in [9.17, 15) is 4.79 Å². The lowest BCUT2D eigenvalue weighted by molar-refractivity contribution is 0.0772. The molecule has 1 amide bonds. The number of amides is 1. The fourth-order valence-electron chi connectivity index (χ4n) is 3.93. The molecule has 3 aromatic carbocycles. The topological polar surface area (TPSA) is 59.4 Å². The van der Waals surface area contributed by atoms with Crippen LogP contribution in [0.15, 0.2) is 66.7 Å². The van der Waals surface area contributed by atoms with Crippen LogP contribution in [-0.4, -0.2) is 52.1 Å². The van der Waals surface area contributed by atoms with Crippen molar-refractivity contribution < 1.29 is 9.53 Å². The smallest absolute Gasteiger partial charge is 0.253 e. The van der Waals surface area contributed by atoms with E-state index in [1.165, 1.54) is 0 Å². The zero-order chi connectivity index (χ0) is 22.8. The largest absolute Gasteiger partial charge is 0.497 e. The number of imidazole rings is 1. The highest BCUT2D eigenvalue weighted by Gasteiger charge is 2.20. The van der Waals surface area contributed by atoms with Crippen LogP contribution in [0.3, 0.4) is 0 Å². The number of nitrogens with one attached hydrogen (secondary N) is 1. The number of halogens is 1. The number of anilines is 2. The Balaban J connectivity index is 1.57. The minimum atomic E-state index is 0.0548. The van der Waals surface area contributed by atoms with E-state index in [4.69, 9.17) is 21.3 Å². The Morgan fingerprint density at radius 3 is 2.58 bits per heavy atom. The summed E-state index contributed by atoms with van der Waals surface area (Å²) in [6, 6.07) is 21.0. The minimum Gasteiger partial charge on any atom is -0.497 e. The van der Waals surface area contributed by atoms with Gasteiger partial charge >= 0.3 is 0 Å². The second kappa shape index (κ2) is 9.37. The number of rotatable bonds is 5. The van der Waals surface area contributed by atoms with Crippen molar-refractivity contribution in [2.75, 3.05) is 37.0 Å². The first-order chi connectivity index (χ1) is 16.1. The van der Waals surface area contributed by atoms with Gasteiger partial charge < -0.3 is 15.0 Å². The Morgan fingerprint density at radius 2 is 1.85 bits per heavy atom. The van der Waals surface area contributed by atoms with Crippen LogP contribution < -0.4 is 10.1 Å². The SMILES string of the molecule is COc1ccc(Nc2nc3cc(C(=O)N4CCSCC4)ccc3n2-c2cccc(Cl)c2)cc1. The van der Waals surface area contributed by atoms with E-state index in [1.807, 2.05) is 88.0 Å². The Bertz CT molecular complexity index is 1300. The van der Waals surface area contributed by atoms with Gasteiger partial charge in [-0.15, -0.1) is 0 Å². The Kier molecular flexibility index (Phi) is 6.15. The summed E-state index contributed by atoms with van der Waals surface area (Å²) in [6.45, 7) is 1.56. The molecule has 168 valence electrons. The zero-order valence-electron chi connectivity index (χ0n) is 18.1. The first-order valence-corrected chi connectivity index (χ1v) is 12.2. The van der Waals surface area contributed by atoms with Gasteiger partial charge in [0.2, 0.25) is 5.95 Å². The molecule has 0 unspecified atom stereocenters. The normalized spacial score (nSPS) is 13.8. The number of aromatic nitrogens is 2. The van der Waals surface area contributed by atoms with Crippen LogP contribution in [0.1, 0.15) is 10.4 Å². The van der Waals surface area contributed by atoms with Crippen LogP contribution in [0, 0.1) is 0 Å². The maximum Gasteiger partial charge on any atom is 0.253 e. The van der Waals surface area contributed by atoms with Crippen LogP contribution in [0.4, 0.5) is 11.6 Å². The molecule has 0 atom stereocenters. The van der Waals surface area contributed by atoms with Crippen molar-refractivity contribution in [2.24, 2.45) is 0 Å². The summed E-state index contributed by atoms with van der Waals surface area (Å²) in [5, 5.41) is 4.04. The van der Waals surface area contributed by atoms with Gasteiger partial charge in [-0.05, 0) is 60.7 Å². The summed E-state index contributed by atoms with van der Waals surface area (Å²) >= 11 is 8.18. The molecule has 1 N–H and O–H groups in total. The number of hydrogen-bond donors (Lipinski definition) is 1. The molecule has 0 aliphatic carbocycles. The van der Waals surface area contributed by atoms with Crippen molar-refractivity contribution in [3.8, 4) is 11.4 Å². The van der Waals surface area contributed by atoms with Crippen molar-refractivity contribution in [1.29, 1.82) is 0 Å². The maximum atomic E-state index is 13.0. The van der Waals surface area contributed by atoms with Gasteiger partial charge in [-0.1, -0.05) is 17.7 Å². The summed E-state index contributed by atoms with van der Waals surface area (Å²) < 4.78 is 7.27. The van der Waals surface area contributed by atoms with Crippen LogP contribution >= 0.6 is 23.4 Å². The Labute approximate surface area is 201 Å². The summed E-state index contributed by atoms with van der Waals surface area (Å²) in [6.07, 6.45) is 0. The number of ether oxygens (including phenoxy) is 1. The average Bonchev–Trinajstić information content (AvgIpc) is 3.21. The molecule has 6 nitrogen and oxygen atoms in total. The third kappa shape index (κ3) is 4.51. The lowest BCUT2D eigenvalue weighted by atomic mass is 10.1. The number of thioether (sulfide) groups is 1. The predicted octanol–water partition coefficient (Wildman–Crippen LogP) is 5.62. The molecular formula is C25H23ClN4O2S.